The SMILES string of the molecule is CCN=c1ssc(=O)n1CC. The van der Waals surface area contributed by atoms with Crippen LogP contribution in [0, 0.1) is 0 Å². The van der Waals surface area contributed by atoms with E-state index in [-0.39, 0.29) is 4.87 Å². The monoisotopic (exact) mass is 190 g/mol. The molecule has 0 spiro atoms. The van der Waals surface area contributed by atoms with Gasteiger partial charge in [0.1, 0.15) is 0 Å². The molecule has 0 bridgehead atoms. The molecule has 0 amide bonds. The average molecular weight is 190 g/mol. The van der Waals surface area contributed by atoms with E-state index >= 15 is 0 Å². The molecule has 5 heteroatoms. The van der Waals surface area contributed by atoms with Crippen LogP contribution in [0.2, 0.25) is 0 Å². The van der Waals surface area contributed by atoms with Gasteiger partial charge in [-0.3, -0.25) is 14.4 Å². The van der Waals surface area contributed by atoms with E-state index in [0.717, 1.165) is 17.9 Å². The Morgan fingerprint density at radius 2 is 2.18 bits per heavy atom. The third kappa shape index (κ3) is 1.78. The summed E-state index contributed by atoms with van der Waals surface area (Å²) in [5, 5.41) is 0. The Morgan fingerprint density at radius 3 is 2.73 bits per heavy atom. The van der Waals surface area contributed by atoms with Gasteiger partial charge in [-0.2, -0.15) is 0 Å². The molecular weight excluding hydrogens is 180 g/mol. The molecule has 0 N–H and O–H groups in total. The van der Waals surface area contributed by atoms with Gasteiger partial charge in [0.15, 0.2) is 4.80 Å². The minimum atomic E-state index is 0.102. The molecule has 1 rings (SSSR count). The summed E-state index contributed by atoms with van der Waals surface area (Å²) in [5.74, 6) is 0. The Bertz CT molecular complexity index is 333. The van der Waals surface area contributed by atoms with Crippen molar-refractivity contribution in [2.45, 2.75) is 20.4 Å². The molecule has 0 aliphatic rings. The molecule has 0 saturated heterocycles. The van der Waals surface area contributed by atoms with Crippen LogP contribution >= 0.6 is 20.7 Å². The summed E-state index contributed by atoms with van der Waals surface area (Å²) in [6.07, 6.45) is 0. The van der Waals surface area contributed by atoms with Crippen LogP contribution in [0.25, 0.3) is 0 Å². The van der Waals surface area contributed by atoms with Crippen LogP contribution < -0.4 is 9.67 Å². The van der Waals surface area contributed by atoms with E-state index in [4.69, 9.17) is 0 Å². The summed E-state index contributed by atoms with van der Waals surface area (Å²) in [6.45, 7) is 5.38. The van der Waals surface area contributed by atoms with Gasteiger partial charge in [0, 0.05) is 13.1 Å². The maximum Gasteiger partial charge on any atom is 0.319 e. The molecule has 1 aromatic rings. The van der Waals surface area contributed by atoms with E-state index in [2.05, 4.69) is 4.99 Å². The topological polar surface area (TPSA) is 34.4 Å². The zero-order valence-corrected chi connectivity index (χ0v) is 8.17. The van der Waals surface area contributed by atoms with Crippen LogP contribution in [0.3, 0.4) is 0 Å². The van der Waals surface area contributed by atoms with Crippen molar-refractivity contribution in [3.05, 3.63) is 14.5 Å². The molecule has 11 heavy (non-hydrogen) atoms. The molecule has 1 aromatic heterocycles. The smallest absolute Gasteiger partial charge is 0.275 e. The molecule has 0 aliphatic carbocycles. The van der Waals surface area contributed by atoms with Crippen molar-refractivity contribution in [3.8, 4) is 0 Å². The van der Waals surface area contributed by atoms with Gasteiger partial charge in [0.05, 0.1) is 0 Å². The highest BCUT2D eigenvalue weighted by Crippen LogP contribution is 1.91. The molecule has 0 unspecified atom stereocenters. The molecule has 0 saturated carbocycles. The van der Waals surface area contributed by atoms with Crippen molar-refractivity contribution in [2.24, 2.45) is 4.99 Å². The van der Waals surface area contributed by atoms with Gasteiger partial charge < -0.3 is 0 Å². The lowest BCUT2D eigenvalue weighted by atomic mass is 10.7. The highest BCUT2D eigenvalue weighted by atomic mass is 32.9. The molecule has 62 valence electrons. The van der Waals surface area contributed by atoms with Crippen molar-refractivity contribution in [1.82, 2.24) is 4.57 Å². The lowest BCUT2D eigenvalue weighted by Crippen LogP contribution is -2.23. The molecule has 1 heterocycles. The maximum atomic E-state index is 11.1. The first-order chi connectivity index (χ1) is 5.29. The summed E-state index contributed by atoms with van der Waals surface area (Å²) in [4.78, 5) is 16.2. The van der Waals surface area contributed by atoms with E-state index in [1.165, 1.54) is 20.7 Å². The quantitative estimate of drug-likeness (QED) is 0.638. The summed E-state index contributed by atoms with van der Waals surface area (Å²) in [5.41, 5.74) is 0. The summed E-state index contributed by atoms with van der Waals surface area (Å²) in [7, 11) is 2.70. The van der Waals surface area contributed by atoms with Gasteiger partial charge in [0.2, 0.25) is 0 Å². The maximum absolute atomic E-state index is 11.1. The first-order valence-corrected chi connectivity index (χ1v) is 5.65. The second-order valence-corrected chi connectivity index (χ2v) is 3.98. The Balaban J connectivity index is 3.27. The second kappa shape index (κ2) is 3.82. The van der Waals surface area contributed by atoms with Gasteiger partial charge in [-0.1, -0.05) is 0 Å². The standard InChI is InChI=1S/C6H10N2OS2/c1-3-7-5-8(4-2)6(9)11-10-5/h3-4H2,1-2H3. The molecule has 0 fully saturated rings. The van der Waals surface area contributed by atoms with E-state index in [1.807, 2.05) is 13.8 Å². The van der Waals surface area contributed by atoms with Crippen LogP contribution in [0.5, 0.6) is 0 Å². The largest absolute Gasteiger partial charge is 0.319 e. The van der Waals surface area contributed by atoms with Crippen molar-refractivity contribution in [3.63, 3.8) is 0 Å². The van der Waals surface area contributed by atoms with Crippen LogP contribution in [0.1, 0.15) is 13.8 Å². The fourth-order valence-electron chi connectivity index (χ4n) is 0.752. The summed E-state index contributed by atoms with van der Waals surface area (Å²) >= 11 is 0. The van der Waals surface area contributed by atoms with Crippen molar-refractivity contribution >= 4 is 20.7 Å². The molecule has 0 radical (unpaired) electrons. The normalized spacial score (nSPS) is 12.4. The number of aromatic nitrogens is 1. The van der Waals surface area contributed by atoms with E-state index in [9.17, 15) is 4.79 Å². The zero-order chi connectivity index (χ0) is 8.27. The minimum absolute atomic E-state index is 0.102. The van der Waals surface area contributed by atoms with Crippen molar-refractivity contribution < 1.29 is 0 Å². The molecule has 0 atom stereocenters. The summed E-state index contributed by atoms with van der Waals surface area (Å²) < 4.78 is 1.69. The summed E-state index contributed by atoms with van der Waals surface area (Å²) in [6, 6.07) is 0. The van der Waals surface area contributed by atoms with E-state index in [1.54, 1.807) is 4.57 Å². The minimum Gasteiger partial charge on any atom is -0.275 e. The van der Waals surface area contributed by atoms with Crippen LogP contribution in [-0.2, 0) is 6.54 Å². The zero-order valence-electron chi connectivity index (χ0n) is 6.53. The highest BCUT2D eigenvalue weighted by molar-refractivity contribution is 7.67. The number of hydrogen-bond donors (Lipinski definition) is 0. The van der Waals surface area contributed by atoms with Gasteiger partial charge in [-0.15, -0.1) is 0 Å². The first-order valence-electron chi connectivity index (χ1n) is 3.50. The Hall–Kier alpha value is -0.420. The number of nitrogens with zero attached hydrogens (tertiary/aromatic N) is 2. The van der Waals surface area contributed by atoms with Gasteiger partial charge in [-0.05, 0) is 34.5 Å². The van der Waals surface area contributed by atoms with Crippen molar-refractivity contribution in [2.75, 3.05) is 6.54 Å². The predicted molar refractivity (Wildman–Crippen MR) is 48.2 cm³/mol. The fraction of sp³-hybridized carbons (Fsp3) is 0.667. The van der Waals surface area contributed by atoms with Gasteiger partial charge >= 0.3 is 4.87 Å². The predicted octanol–water partition coefficient (Wildman–Crippen LogP) is 0.912. The Kier molecular flexibility index (Phi) is 3.02. The number of rotatable bonds is 2. The lowest BCUT2D eigenvalue weighted by molar-refractivity contribution is 0.710. The molecule has 0 aliphatic heterocycles. The van der Waals surface area contributed by atoms with E-state index in [0.29, 0.717) is 0 Å². The Morgan fingerprint density at radius 1 is 1.45 bits per heavy atom. The highest BCUT2D eigenvalue weighted by Gasteiger charge is 1.97. The third-order valence-corrected chi connectivity index (χ3v) is 3.32. The third-order valence-electron chi connectivity index (χ3n) is 1.25. The van der Waals surface area contributed by atoms with Gasteiger partial charge in [0.25, 0.3) is 0 Å². The van der Waals surface area contributed by atoms with Gasteiger partial charge in [-0.25, -0.2) is 0 Å². The average Bonchev–Trinajstić information content (AvgIpc) is 2.33. The first kappa shape index (κ1) is 8.67. The molecule has 0 aromatic carbocycles. The van der Waals surface area contributed by atoms with Crippen LogP contribution in [0.4, 0.5) is 0 Å². The van der Waals surface area contributed by atoms with Crippen LogP contribution in [0.15, 0.2) is 9.79 Å². The Labute approximate surface area is 72.0 Å². The van der Waals surface area contributed by atoms with Crippen LogP contribution in [-0.4, -0.2) is 11.1 Å². The fourth-order valence-corrected chi connectivity index (χ4v) is 2.88. The van der Waals surface area contributed by atoms with E-state index < -0.39 is 0 Å². The lowest BCUT2D eigenvalue weighted by Gasteiger charge is -1.90. The molecule has 3 nitrogen and oxygen atoms in total. The number of hydrogen-bond acceptors (Lipinski definition) is 4. The molecular formula is C6H10N2OS2. The van der Waals surface area contributed by atoms with Crippen molar-refractivity contribution in [1.29, 1.82) is 0 Å². The second-order valence-electron chi connectivity index (χ2n) is 1.93.